The normalized spacial score (nSPS) is 15.6. The first kappa shape index (κ1) is 29.8. The zero-order valence-corrected chi connectivity index (χ0v) is 24.8. The molecule has 0 unspecified atom stereocenters. The van der Waals surface area contributed by atoms with Gasteiger partial charge in [-0.1, -0.05) is 24.0 Å². The number of amides is 1. The molecule has 9 heteroatoms. The summed E-state index contributed by atoms with van der Waals surface area (Å²) >= 11 is 0. The van der Waals surface area contributed by atoms with Crippen molar-refractivity contribution in [3.63, 3.8) is 0 Å². The van der Waals surface area contributed by atoms with Gasteiger partial charge in [0.1, 0.15) is 5.82 Å². The van der Waals surface area contributed by atoms with E-state index in [0.717, 1.165) is 11.1 Å². The van der Waals surface area contributed by atoms with Crippen molar-refractivity contribution in [1.29, 1.82) is 5.26 Å². The van der Waals surface area contributed by atoms with Gasteiger partial charge in [0.25, 0.3) is 5.56 Å². The molecule has 41 heavy (non-hydrogen) atoms. The number of likely N-dealkylation sites (tertiary alicyclic amines) is 1. The number of aryl methyl sites for hydroxylation is 2. The average molecular weight is 555 g/mol. The maximum absolute atomic E-state index is 13.8. The topological polar surface area (TPSA) is 137 Å². The molecule has 0 saturated carbocycles. The Morgan fingerprint density at radius 2 is 1.93 bits per heavy atom. The molecular weight excluding hydrogens is 516 g/mol. The highest BCUT2D eigenvalue weighted by Gasteiger charge is 2.38. The van der Waals surface area contributed by atoms with Crippen molar-refractivity contribution in [2.24, 2.45) is 12.8 Å². The number of aromatic nitrogens is 2. The van der Waals surface area contributed by atoms with E-state index < -0.39 is 11.1 Å². The number of anilines is 1. The Labute approximate surface area is 241 Å². The van der Waals surface area contributed by atoms with Crippen LogP contribution < -0.4 is 16.6 Å². The lowest BCUT2D eigenvalue weighted by atomic mass is 9.84. The number of fused-ring (bicyclic) bond motifs is 1. The third kappa shape index (κ3) is 5.83. The van der Waals surface area contributed by atoms with Crippen molar-refractivity contribution in [3.8, 4) is 17.9 Å². The van der Waals surface area contributed by atoms with Gasteiger partial charge in [0.05, 0.1) is 45.6 Å². The first-order chi connectivity index (χ1) is 19.2. The highest BCUT2D eigenvalue weighted by atomic mass is 16.3. The lowest BCUT2D eigenvalue weighted by molar-refractivity contribution is -0.133. The number of nitrogens with two attached hydrogens (primary N) is 1. The minimum atomic E-state index is -1.40. The van der Waals surface area contributed by atoms with Gasteiger partial charge in [0.15, 0.2) is 0 Å². The number of piperidine rings is 1. The summed E-state index contributed by atoms with van der Waals surface area (Å²) < 4.78 is 1.53. The third-order valence-corrected chi connectivity index (χ3v) is 7.91. The van der Waals surface area contributed by atoms with Crippen LogP contribution in [0.15, 0.2) is 29.1 Å². The summed E-state index contributed by atoms with van der Waals surface area (Å²) in [5.74, 6) is 6.70. The van der Waals surface area contributed by atoms with E-state index in [2.05, 4.69) is 23.2 Å². The van der Waals surface area contributed by atoms with Crippen molar-refractivity contribution in [2.75, 3.05) is 18.4 Å². The minimum Gasteiger partial charge on any atom is -0.385 e. The van der Waals surface area contributed by atoms with E-state index in [4.69, 9.17) is 10.7 Å². The monoisotopic (exact) mass is 554 g/mol. The molecule has 9 nitrogen and oxygen atoms in total. The standard InChI is InChI=1S/C32H38N6O3/c1-19-23(18-33)9-8-10-24(19)20(2)35-29-26-17-27(32(41)13-15-38(16-14-32)22(4)39)30(40)37(7)28(26)25(21(3)36-29)11-12-31(5,6)34/h8-10,17,20,41H,13-16,34H2,1-7H3,(H,35,36)/t20-/m1/s1. The number of benzene rings is 1. The number of aliphatic hydroxyl groups is 1. The molecule has 3 heterocycles. The van der Waals surface area contributed by atoms with E-state index in [-0.39, 0.29) is 35.9 Å². The Kier molecular flexibility index (Phi) is 8.00. The number of nitrogens with zero attached hydrogens (tertiary/aromatic N) is 4. The number of pyridine rings is 2. The fourth-order valence-electron chi connectivity index (χ4n) is 5.48. The molecule has 3 aromatic rings. The second-order valence-electron chi connectivity index (χ2n) is 11.6. The van der Waals surface area contributed by atoms with Crippen LogP contribution in [0.1, 0.15) is 80.1 Å². The van der Waals surface area contributed by atoms with E-state index in [1.54, 1.807) is 37.9 Å². The molecule has 1 atom stereocenters. The molecule has 0 bridgehead atoms. The van der Waals surface area contributed by atoms with Crippen molar-refractivity contribution in [2.45, 2.75) is 71.6 Å². The van der Waals surface area contributed by atoms with E-state index >= 15 is 0 Å². The van der Waals surface area contributed by atoms with Gasteiger partial charge in [-0.25, -0.2) is 4.98 Å². The van der Waals surface area contributed by atoms with Crippen molar-refractivity contribution in [3.05, 3.63) is 68.1 Å². The number of rotatable bonds is 4. The first-order valence-corrected chi connectivity index (χ1v) is 13.8. The Hall–Kier alpha value is -4.18. The molecule has 2 aromatic heterocycles. The van der Waals surface area contributed by atoms with E-state index in [9.17, 15) is 20.0 Å². The number of hydrogen-bond donors (Lipinski definition) is 3. The van der Waals surface area contributed by atoms with Gasteiger partial charge >= 0.3 is 0 Å². The van der Waals surface area contributed by atoms with Gasteiger partial charge in [0, 0.05) is 38.0 Å². The molecular formula is C32H38N6O3. The molecule has 0 aliphatic carbocycles. The summed E-state index contributed by atoms with van der Waals surface area (Å²) in [7, 11) is 1.67. The van der Waals surface area contributed by atoms with Crippen molar-refractivity contribution < 1.29 is 9.90 Å². The molecule has 0 radical (unpaired) electrons. The van der Waals surface area contributed by atoms with Crippen LogP contribution in [-0.2, 0) is 17.4 Å². The molecule has 1 saturated heterocycles. The fourth-order valence-corrected chi connectivity index (χ4v) is 5.48. The maximum Gasteiger partial charge on any atom is 0.256 e. The number of nitriles is 1. The molecule has 4 N–H and O–H groups in total. The summed E-state index contributed by atoms with van der Waals surface area (Å²) in [6.07, 6.45) is 0.500. The van der Waals surface area contributed by atoms with E-state index in [1.165, 1.54) is 11.5 Å². The van der Waals surface area contributed by atoms with Gasteiger partial charge in [-0.05, 0) is 70.7 Å². The highest BCUT2D eigenvalue weighted by Crippen LogP contribution is 2.36. The minimum absolute atomic E-state index is 0.0552. The second kappa shape index (κ2) is 11.0. The van der Waals surface area contributed by atoms with Crippen LogP contribution in [0.4, 0.5) is 5.82 Å². The van der Waals surface area contributed by atoms with Crippen LogP contribution in [0.2, 0.25) is 0 Å². The zero-order valence-electron chi connectivity index (χ0n) is 24.8. The van der Waals surface area contributed by atoms with Crippen molar-refractivity contribution in [1.82, 2.24) is 14.5 Å². The lowest BCUT2D eigenvalue weighted by Gasteiger charge is -2.38. The maximum atomic E-state index is 13.8. The molecule has 4 rings (SSSR count). The van der Waals surface area contributed by atoms with Crippen molar-refractivity contribution >= 4 is 22.6 Å². The predicted molar refractivity (Wildman–Crippen MR) is 160 cm³/mol. The van der Waals surface area contributed by atoms with Gasteiger partial charge in [0.2, 0.25) is 5.91 Å². The zero-order chi connectivity index (χ0) is 30.3. The summed E-state index contributed by atoms with van der Waals surface area (Å²) in [5.41, 5.74) is 8.17. The van der Waals surface area contributed by atoms with Gasteiger partial charge in [-0.15, -0.1) is 0 Å². The van der Waals surface area contributed by atoms with Gasteiger partial charge < -0.3 is 25.6 Å². The van der Waals surface area contributed by atoms with Crippen LogP contribution in [0.3, 0.4) is 0 Å². The van der Waals surface area contributed by atoms with Crippen LogP contribution in [0.25, 0.3) is 10.9 Å². The SMILES string of the molecule is CC(=O)N1CCC(O)(c2cc3c(N[C@H](C)c4cccc(C#N)c4C)nc(C)c(C#CC(C)(C)N)c3n(C)c2=O)CC1. The van der Waals surface area contributed by atoms with Crippen LogP contribution in [0.5, 0.6) is 0 Å². The predicted octanol–water partition coefficient (Wildman–Crippen LogP) is 3.51. The highest BCUT2D eigenvalue weighted by molar-refractivity contribution is 5.95. The average Bonchev–Trinajstić information content (AvgIpc) is 2.90. The Balaban J connectivity index is 1.94. The molecule has 1 amide bonds. The molecule has 1 aliphatic rings. The second-order valence-corrected chi connectivity index (χ2v) is 11.6. The van der Waals surface area contributed by atoms with E-state index in [0.29, 0.717) is 46.6 Å². The van der Waals surface area contributed by atoms with Crippen LogP contribution in [-0.4, -0.2) is 44.1 Å². The number of hydrogen-bond acceptors (Lipinski definition) is 7. The van der Waals surface area contributed by atoms with Gasteiger partial charge in [-0.2, -0.15) is 5.26 Å². The summed E-state index contributed by atoms with van der Waals surface area (Å²) in [6.45, 7) is 11.6. The molecule has 1 fully saturated rings. The first-order valence-electron chi connectivity index (χ1n) is 13.8. The van der Waals surface area contributed by atoms with Crippen LogP contribution in [0, 0.1) is 37.0 Å². The van der Waals surface area contributed by atoms with E-state index in [1.807, 2.05) is 32.9 Å². The molecule has 1 aromatic carbocycles. The number of carbonyl (C=O) groups is 1. The number of carbonyl (C=O) groups excluding carboxylic acids is 1. The Morgan fingerprint density at radius 1 is 1.27 bits per heavy atom. The Bertz CT molecular complexity index is 1690. The number of nitrogens with one attached hydrogen (secondary N) is 1. The summed E-state index contributed by atoms with van der Waals surface area (Å²) in [4.78, 5) is 32.3. The molecule has 1 aliphatic heterocycles. The lowest BCUT2D eigenvalue weighted by Crippen LogP contribution is -2.47. The molecule has 0 spiro atoms. The largest absolute Gasteiger partial charge is 0.385 e. The molecule has 214 valence electrons. The van der Waals surface area contributed by atoms with Crippen LogP contribution >= 0.6 is 0 Å². The van der Waals surface area contributed by atoms with Gasteiger partial charge in [-0.3, -0.25) is 9.59 Å². The summed E-state index contributed by atoms with van der Waals surface area (Å²) in [5, 5.41) is 25.4. The summed E-state index contributed by atoms with van der Waals surface area (Å²) in [6, 6.07) is 9.35. The quantitative estimate of drug-likeness (QED) is 0.420. The smallest absolute Gasteiger partial charge is 0.256 e. The Morgan fingerprint density at radius 3 is 2.51 bits per heavy atom. The third-order valence-electron chi connectivity index (χ3n) is 7.91. The fraction of sp³-hybridized carbons (Fsp3) is 0.438.